The fourth-order valence-electron chi connectivity index (χ4n) is 4.25. The molecule has 8 nitrogen and oxygen atoms in total. The van der Waals surface area contributed by atoms with Crippen LogP contribution in [0, 0.1) is 6.92 Å². The van der Waals surface area contributed by atoms with Crippen molar-refractivity contribution in [3.05, 3.63) is 87.9 Å². The minimum absolute atomic E-state index is 0.300. The molecular weight excluding hydrogens is 527 g/mol. The lowest BCUT2D eigenvalue weighted by atomic mass is 10.1. The van der Waals surface area contributed by atoms with Gasteiger partial charge in [-0.1, -0.05) is 46.6 Å². The van der Waals surface area contributed by atoms with E-state index in [1.54, 1.807) is 61.7 Å². The lowest BCUT2D eigenvalue weighted by Gasteiger charge is -2.31. The summed E-state index contributed by atoms with van der Waals surface area (Å²) >= 11 is 12.3. The van der Waals surface area contributed by atoms with Crippen molar-refractivity contribution >= 4 is 58.1 Å². The summed E-state index contributed by atoms with van der Waals surface area (Å²) in [6.45, 7) is 2.80. The molecule has 1 aliphatic rings. The molecule has 3 aromatic carbocycles. The van der Waals surface area contributed by atoms with Gasteiger partial charge >= 0.3 is 6.09 Å². The number of halogens is 2. The van der Waals surface area contributed by atoms with Crippen LogP contribution in [0.4, 0.5) is 21.9 Å². The lowest BCUT2D eigenvalue weighted by molar-refractivity contribution is -0.124. The molecule has 0 aromatic heterocycles. The summed E-state index contributed by atoms with van der Waals surface area (Å²) in [6.07, 6.45) is 0.838. The number of amides is 2. The summed E-state index contributed by atoms with van der Waals surface area (Å²) in [6, 6.07) is 18.9. The van der Waals surface area contributed by atoms with E-state index < -0.39 is 18.1 Å². The van der Waals surface area contributed by atoms with Crippen LogP contribution in [0.5, 0.6) is 0 Å². The molecule has 0 spiro atoms. The maximum Gasteiger partial charge on any atom is 0.412 e. The Morgan fingerprint density at radius 3 is 2.42 bits per heavy atom. The molecule has 4 rings (SSSR count). The van der Waals surface area contributed by atoms with Gasteiger partial charge in [-0.15, -0.1) is 0 Å². The first-order chi connectivity index (χ1) is 18.4. The van der Waals surface area contributed by atoms with Crippen molar-refractivity contribution in [3.8, 4) is 0 Å². The number of carbonyl (C=O) groups is 2. The number of nitrogens with zero attached hydrogens (tertiary/aromatic N) is 2. The highest BCUT2D eigenvalue weighted by molar-refractivity contribution is 6.31. The normalized spacial score (nSPS) is 15.1. The number of oxime groups is 1. The van der Waals surface area contributed by atoms with E-state index >= 15 is 0 Å². The van der Waals surface area contributed by atoms with Gasteiger partial charge in [0.25, 0.3) is 5.91 Å². The Hall–Kier alpha value is -3.75. The largest absolute Gasteiger partial charge is 0.431 e. The molecule has 0 aliphatic carbocycles. The zero-order chi connectivity index (χ0) is 27.1. The van der Waals surface area contributed by atoms with E-state index in [0.29, 0.717) is 27.0 Å². The molecule has 1 saturated heterocycles. The summed E-state index contributed by atoms with van der Waals surface area (Å²) in [4.78, 5) is 33.2. The van der Waals surface area contributed by atoms with Crippen LogP contribution in [0.1, 0.15) is 36.5 Å². The zero-order valence-corrected chi connectivity index (χ0v) is 22.6. The second kappa shape index (κ2) is 12.7. The lowest BCUT2D eigenvalue weighted by Crippen LogP contribution is -2.36. The summed E-state index contributed by atoms with van der Waals surface area (Å²) < 4.78 is 5.56. The Labute approximate surface area is 231 Å². The molecule has 0 radical (unpaired) electrons. The number of piperidine rings is 1. The smallest absolute Gasteiger partial charge is 0.412 e. The second-order valence-electron chi connectivity index (χ2n) is 8.73. The molecule has 0 bridgehead atoms. The molecule has 3 aromatic rings. The second-order valence-corrected chi connectivity index (χ2v) is 9.57. The molecule has 198 valence electrons. The van der Waals surface area contributed by atoms with Gasteiger partial charge in [-0.3, -0.25) is 10.1 Å². The van der Waals surface area contributed by atoms with Crippen LogP contribution in [-0.4, -0.2) is 31.5 Å². The van der Waals surface area contributed by atoms with Crippen molar-refractivity contribution in [1.82, 2.24) is 0 Å². The predicted octanol–water partition coefficient (Wildman–Crippen LogP) is 7.18. The molecule has 1 unspecified atom stereocenters. The van der Waals surface area contributed by atoms with Gasteiger partial charge in [0.1, 0.15) is 12.9 Å². The maximum atomic E-state index is 13.4. The topological polar surface area (TPSA) is 92.3 Å². The Bertz CT molecular complexity index is 1330. The van der Waals surface area contributed by atoms with E-state index in [0.717, 1.165) is 42.9 Å². The van der Waals surface area contributed by atoms with E-state index in [9.17, 15) is 9.59 Å². The van der Waals surface area contributed by atoms with Gasteiger partial charge in [0.15, 0.2) is 0 Å². The first-order valence-electron chi connectivity index (χ1n) is 12.1. The molecule has 38 heavy (non-hydrogen) atoms. The molecule has 1 fully saturated rings. The molecule has 2 N–H and O–H groups in total. The summed E-state index contributed by atoms with van der Waals surface area (Å²) in [5.41, 5.74) is 3.32. The fraction of sp³-hybridized carbons (Fsp3) is 0.250. The Kier molecular flexibility index (Phi) is 9.10. The van der Waals surface area contributed by atoms with Crippen molar-refractivity contribution in [2.24, 2.45) is 5.16 Å². The molecule has 0 saturated carbocycles. The van der Waals surface area contributed by atoms with Crippen LogP contribution in [0.3, 0.4) is 0 Å². The number of carbonyl (C=O) groups excluding carboxylic acids is 2. The first-order valence-corrected chi connectivity index (χ1v) is 12.9. The zero-order valence-electron chi connectivity index (χ0n) is 21.0. The Balaban J connectivity index is 1.53. The number of nitrogens with one attached hydrogen (secondary N) is 2. The van der Waals surface area contributed by atoms with Gasteiger partial charge in [-0.25, -0.2) is 4.79 Å². The fourth-order valence-corrected chi connectivity index (χ4v) is 4.62. The molecule has 1 atom stereocenters. The Morgan fingerprint density at radius 2 is 1.71 bits per heavy atom. The number of amidine groups is 1. The van der Waals surface area contributed by atoms with Crippen LogP contribution < -0.4 is 15.5 Å². The van der Waals surface area contributed by atoms with Crippen LogP contribution in [-0.2, 0) is 14.4 Å². The molecular formula is C28H28Cl2N4O4. The SMILES string of the molecule is CON=C1CCCCN1c1ccc(NC(=O)C(OC(=O)Nc2ccc(Cl)cc2)c2ccccc2Cl)cc1C. The number of benzene rings is 3. The molecule has 1 heterocycles. The minimum atomic E-state index is -1.29. The van der Waals surface area contributed by atoms with Gasteiger partial charge in [0.05, 0.1) is 0 Å². The molecule has 10 heteroatoms. The van der Waals surface area contributed by atoms with Crippen molar-refractivity contribution < 1.29 is 19.2 Å². The summed E-state index contributed by atoms with van der Waals surface area (Å²) in [5, 5.41) is 10.5. The van der Waals surface area contributed by atoms with E-state index in [-0.39, 0.29) is 0 Å². The third-order valence-electron chi connectivity index (χ3n) is 6.04. The number of rotatable bonds is 7. The standard InChI is InChI=1S/C28H28Cl2N4O4/c1-18-17-21(14-15-24(18)34-16-6-5-9-25(34)33-37-2)31-27(35)26(22-7-3-4-8-23(22)30)38-28(36)32-20-12-10-19(29)11-13-20/h3-4,7-8,10-15,17,26H,5-6,9,16H2,1-2H3,(H,31,35)(H,32,36). The van der Waals surface area contributed by atoms with E-state index in [1.165, 1.54) is 0 Å². The number of ether oxygens (including phenoxy) is 1. The number of anilines is 3. The van der Waals surface area contributed by atoms with Gasteiger partial charge in [-0.2, -0.15) is 0 Å². The summed E-state index contributed by atoms with van der Waals surface area (Å²) in [5.74, 6) is 0.327. The minimum Gasteiger partial charge on any atom is -0.431 e. The molecule has 2 amide bonds. The highest BCUT2D eigenvalue weighted by Gasteiger charge is 2.28. The number of hydrogen-bond donors (Lipinski definition) is 2. The van der Waals surface area contributed by atoms with E-state index in [2.05, 4.69) is 20.7 Å². The first kappa shape index (κ1) is 27.3. The monoisotopic (exact) mass is 554 g/mol. The van der Waals surface area contributed by atoms with Gasteiger partial charge in [-0.05, 0) is 73.9 Å². The van der Waals surface area contributed by atoms with Crippen LogP contribution >= 0.6 is 23.2 Å². The van der Waals surface area contributed by atoms with Crippen LogP contribution in [0.2, 0.25) is 10.0 Å². The predicted molar refractivity (Wildman–Crippen MR) is 151 cm³/mol. The van der Waals surface area contributed by atoms with Crippen molar-refractivity contribution in [1.29, 1.82) is 0 Å². The van der Waals surface area contributed by atoms with Gasteiger partial charge < -0.3 is 19.8 Å². The van der Waals surface area contributed by atoms with Crippen LogP contribution in [0.15, 0.2) is 71.9 Å². The highest BCUT2D eigenvalue weighted by atomic mass is 35.5. The van der Waals surface area contributed by atoms with Gasteiger partial charge in [0, 0.05) is 45.6 Å². The highest BCUT2D eigenvalue weighted by Crippen LogP contribution is 2.30. The summed E-state index contributed by atoms with van der Waals surface area (Å²) in [7, 11) is 1.54. The van der Waals surface area contributed by atoms with Gasteiger partial charge in [0.2, 0.25) is 6.10 Å². The average molecular weight is 555 g/mol. The van der Waals surface area contributed by atoms with Crippen molar-refractivity contribution in [2.75, 3.05) is 29.2 Å². The van der Waals surface area contributed by atoms with Crippen molar-refractivity contribution in [3.63, 3.8) is 0 Å². The average Bonchev–Trinajstić information content (AvgIpc) is 2.90. The quantitative estimate of drug-likeness (QED) is 0.302. The van der Waals surface area contributed by atoms with Crippen molar-refractivity contribution in [2.45, 2.75) is 32.3 Å². The number of hydrogen-bond acceptors (Lipinski definition) is 5. The van der Waals surface area contributed by atoms with Crippen LogP contribution in [0.25, 0.3) is 0 Å². The maximum absolute atomic E-state index is 13.4. The molecule has 1 aliphatic heterocycles. The Morgan fingerprint density at radius 1 is 0.974 bits per heavy atom. The number of aryl methyl sites for hydroxylation is 1. The third kappa shape index (κ3) is 6.76. The van der Waals surface area contributed by atoms with E-state index in [1.807, 2.05) is 19.1 Å². The third-order valence-corrected chi connectivity index (χ3v) is 6.63. The van der Waals surface area contributed by atoms with E-state index in [4.69, 9.17) is 32.8 Å².